The summed E-state index contributed by atoms with van der Waals surface area (Å²) in [6.07, 6.45) is 4.18. The van der Waals surface area contributed by atoms with E-state index in [1.54, 1.807) is 0 Å². The molecule has 5 nitrogen and oxygen atoms in total. The summed E-state index contributed by atoms with van der Waals surface area (Å²) in [7, 11) is -3.51. The molecule has 1 aromatic rings. The molecule has 0 saturated carbocycles. The molecule has 0 spiro atoms. The standard InChI is InChI=1S/C9H11BrN3O2S/c10-7-5-8(9(11)12-6-7)16(14,15)13-3-1-2-4-13/h1,5-6H,2-4H2,(H2,11,12). The van der Waals surface area contributed by atoms with Gasteiger partial charge >= 0.3 is 0 Å². The van der Waals surface area contributed by atoms with Crippen LogP contribution in [0.3, 0.4) is 0 Å². The molecule has 87 valence electrons. The molecule has 0 atom stereocenters. The van der Waals surface area contributed by atoms with Crippen LogP contribution < -0.4 is 5.73 Å². The first kappa shape index (κ1) is 11.8. The number of hydrogen-bond donors (Lipinski definition) is 1. The maximum Gasteiger partial charge on any atom is 0.246 e. The number of anilines is 1. The number of nitrogens with two attached hydrogens (primary N) is 1. The molecular formula is C9H11BrN3O2S. The van der Waals surface area contributed by atoms with Gasteiger partial charge in [-0.15, -0.1) is 0 Å². The summed E-state index contributed by atoms with van der Waals surface area (Å²) in [6.45, 7) is 0.947. The molecule has 0 unspecified atom stereocenters. The van der Waals surface area contributed by atoms with Crippen LogP contribution in [0.4, 0.5) is 5.82 Å². The van der Waals surface area contributed by atoms with Gasteiger partial charge in [0.05, 0.1) is 0 Å². The van der Waals surface area contributed by atoms with E-state index in [1.807, 2.05) is 6.42 Å². The van der Waals surface area contributed by atoms with Crippen molar-refractivity contribution in [2.75, 3.05) is 18.8 Å². The predicted molar refractivity (Wildman–Crippen MR) is 64.0 cm³/mol. The summed E-state index contributed by atoms with van der Waals surface area (Å²) in [6, 6.07) is 1.48. The van der Waals surface area contributed by atoms with Crippen LogP contribution in [0.15, 0.2) is 21.6 Å². The molecule has 0 aromatic carbocycles. The van der Waals surface area contributed by atoms with Crippen molar-refractivity contribution in [2.24, 2.45) is 0 Å². The van der Waals surface area contributed by atoms with Gasteiger partial charge in [-0.1, -0.05) is 0 Å². The topological polar surface area (TPSA) is 76.3 Å². The Morgan fingerprint density at radius 2 is 2.25 bits per heavy atom. The van der Waals surface area contributed by atoms with Gasteiger partial charge in [-0.3, -0.25) is 0 Å². The van der Waals surface area contributed by atoms with Gasteiger partial charge in [-0.2, -0.15) is 4.31 Å². The Labute approximate surface area is 103 Å². The Morgan fingerprint density at radius 1 is 1.50 bits per heavy atom. The zero-order chi connectivity index (χ0) is 11.8. The van der Waals surface area contributed by atoms with Crippen molar-refractivity contribution in [3.05, 3.63) is 23.2 Å². The highest BCUT2D eigenvalue weighted by molar-refractivity contribution is 9.10. The van der Waals surface area contributed by atoms with Crippen LogP contribution in [0.1, 0.15) is 6.42 Å². The lowest BCUT2D eigenvalue weighted by Crippen LogP contribution is -2.28. The average Bonchev–Trinajstić information content (AvgIpc) is 2.75. The summed E-state index contributed by atoms with van der Waals surface area (Å²) in [5, 5.41) is 0. The van der Waals surface area contributed by atoms with E-state index < -0.39 is 10.0 Å². The summed E-state index contributed by atoms with van der Waals surface area (Å²) >= 11 is 3.19. The first-order valence-corrected chi connectivity index (χ1v) is 6.98. The molecule has 1 aromatic heterocycles. The second-order valence-electron chi connectivity index (χ2n) is 3.48. The second kappa shape index (κ2) is 4.31. The number of sulfonamides is 1. The third kappa shape index (κ3) is 2.07. The Hall–Kier alpha value is -0.660. The maximum absolute atomic E-state index is 12.2. The normalized spacial score (nSPS) is 17.8. The minimum atomic E-state index is -3.51. The van der Waals surface area contributed by atoms with Gasteiger partial charge in [0.2, 0.25) is 10.0 Å². The number of aromatic nitrogens is 1. The van der Waals surface area contributed by atoms with Crippen LogP contribution in [0.5, 0.6) is 0 Å². The maximum atomic E-state index is 12.2. The summed E-state index contributed by atoms with van der Waals surface area (Å²) in [5.41, 5.74) is 5.60. The first-order chi connectivity index (χ1) is 7.51. The smallest absolute Gasteiger partial charge is 0.246 e. The van der Waals surface area contributed by atoms with Gasteiger partial charge in [0.15, 0.2) is 0 Å². The van der Waals surface area contributed by atoms with Crippen molar-refractivity contribution in [3.8, 4) is 0 Å². The van der Waals surface area contributed by atoms with E-state index in [-0.39, 0.29) is 10.7 Å². The van der Waals surface area contributed by atoms with Crippen LogP contribution in [0.25, 0.3) is 0 Å². The van der Waals surface area contributed by atoms with Gasteiger partial charge in [0.25, 0.3) is 0 Å². The minimum Gasteiger partial charge on any atom is -0.383 e. The Kier molecular flexibility index (Phi) is 3.18. The largest absolute Gasteiger partial charge is 0.383 e. The predicted octanol–water partition coefficient (Wildman–Crippen LogP) is 1.02. The Morgan fingerprint density at radius 3 is 2.88 bits per heavy atom. The minimum absolute atomic E-state index is 0.0371. The molecule has 16 heavy (non-hydrogen) atoms. The summed E-state index contributed by atoms with van der Waals surface area (Å²) in [4.78, 5) is 3.90. The van der Waals surface area contributed by atoms with Crippen molar-refractivity contribution in [1.29, 1.82) is 0 Å². The monoisotopic (exact) mass is 304 g/mol. The number of halogens is 1. The first-order valence-electron chi connectivity index (χ1n) is 4.74. The van der Waals surface area contributed by atoms with E-state index in [0.29, 0.717) is 17.6 Å². The van der Waals surface area contributed by atoms with Crippen LogP contribution in [0, 0.1) is 6.42 Å². The number of nitrogen functional groups attached to an aromatic ring is 1. The van der Waals surface area contributed by atoms with E-state index >= 15 is 0 Å². The van der Waals surface area contributed by atoms with E-state index in [9.17, 15) is 8.42 Å². The lowest BCUT2D eigenvalue weighted by Gasteiger charge is -2.16. The second-order valence-corrected chi connectivity index (χ2v) is 6.30. The van der Waals surface area contributed by atoms with Crippen LogP contribution >= 0.6 is 15.9 Å². The quantitative estimate of drug-likeness (QED) is 0.885. The van der Waals surface area contributed by atoms with Crippen molar-refractivity contribution >= 4 is 31.8 Å². The van der Waals surface area contributed by atoms with Gasteiger partial charge in [0.1, 0.15) is 10.7 Å². The van der Waals surface area contributed by atoms with Crippen molar-refractivity contribution in [2.45, 2.75) is 11.3 Å². The third-order valence-corrected chi connectivity index (χ3v) is 4.71. The highest BCUT2D eigenvalue weighted by Crippen LogP contribution is 2.26. The number of nitrogens with zero attached hydrogens (tertiary/aromatic N) is 2. The average molecular weight is 305 g/mol. The fourth-order valence-electron chi connectivity index (χ4n) is 1.56. The lowest BCUT2D eigenvalue weighted by atomic mass is 10.4. The van der Waals surface area contributed by atoms with Gasteiger partial charge in [-0.25, -0.2) is 13.4 Å². The Balaban J connectivity index is 2.46. The molecule has 2 rings (SSSR count). The number of hydrogen-bond acceptors (Lipinski definition) is 4. The van der Waals surface area contributed by atoms with E-state index in [4.69, 9.17) is 5.73 Å². The molecule has 1 aliphatic rings. The van der Waals surface area contributed by atoms with Crippen molar-refractivity contribution < 1.29 is 8.42 Å². The van der Waals surface area contributed by atoms with E-state index in [0.717, 1.165) is 6.42 Å². The molecule has 2 N–H and O–H groups in total. The van der Waals surface area contributed by atoms with E-state index in [1.165, 1.54) is 16.6 Å². The van der Waals surface area contributed by atoms with Crippen LogP contribution in [-0.4, -0.2) is 30.8 Å². The fourth-order valence-corrected chi connectivity index (χ4v) is 3.56. The Bertz CT molecular complexity index is 497. The highest BCUT2D eigenvalue weighted by Gasteiger charge is 2.29. The molecule has 2 heterocycles. The zero-order valence-corrected chi connectivity index (χ0v) is 10.8. The van der Waals surface area contributed by atoms with Crippen LogP contribution in [-0.2, 0) is 10.0 Å². The molecular weight excluding hydrogens is 294 g/mol. The molecule has 0 aliphatic carbocycles. The zero-order valence-electron chi connectivity index (χ0n) is 8.43. The molecule has 1 aliphatic heterocycles. The molecule has 7 heteroatoms. The summed E-state index contributed by atoms with van der Waals surface area (Å²) in [5.74, 6) is 0.0371. The molecule has 1 saturated heterocycles. The van der Waals surface area contributed by atoms with Crippen molar-refractivity contribution in [1.82, 2.24) is 9.29 Å². The SMILES string of the molecule is Nc1ncc(Br)cc1S(=O)(=O)N1C[CH]CC1. The lowest BCUT2D eigenvalue weighted by molar-refractivity contribution is 0.481. The van der Waals surface area contributed by atoms with Crippen molar-refractivity contribution in [3.63, 3.8) is 0 Å². The summed E-state index contributed by atoms with van der Waals surface area (Å²) < 4.78 is 26.3. The molecule has 0 amide bonds. The van der Waals surface area contributed by atoms with Gasteiger partial charge in [0, 0.05) is 23.8 Å². The number of pyridine rings is 1. The van der Waals surface area contributed by atoms with Crippen LogP contribution in [0.2, 0.25) is 0 Å². The van der Waals surface area contributed by atoms with Gasteiger partial charge < -0.3 is 5.73 Å². The third-order valence-electron chi connectivity index (χ3n) is 2.38. The highest BCUT2D eigenvalue weighted by atomic mass is 79.9. The molecule has 1 fully saturated rings. The van der Waals surface area contributed by atoms with E-state index in [2.05, 4.69) is 20.9 Å². The number of rotatable bonds is 2. The fraction of sp³-hybridized carbons (Fsp3) is 0.333. The van der Waals surface area contributed by atoms with Gasteiger partial charge in [-0.05, 0) is 34.8 Å². The molecule has 1 radical (unpaired) electrons. The molecule has 0 bridgehead atoms.